The van der Waals surface area contributed by atoms with Crippen LogP contribution in [-0.4, -0.2) is 10.9 Å². The zero-order chi connectivity index (χ0) is 13.4. The molecule has 0 aromatic carbocycles. The van der Waals surface area contributed by atoms with E-state index in [0.29, 0.717) is 23.5 Å². The highest BCUT2D eigenvalue weighted by molar-refractivity contribution is 5.95. The lowest BCUT2D eigenvalue weighted by Crippen LogP contribution is -2.23. The molecule has 18 heavy (non-hydrogen) atoms. The smallest absolute Gasteiger partial charge is 0.159 e. The Balaban J connectivity index is 2.21. The summed E-state index contributed by atoms with van der Waals surface area (Å²) in [7, 11) is 0. The molecule has 2 aliphatic carbocycles. The summed E-state index contributed by atoms with van der Waals surface area (Å²) in [5.74, 6) is 2.24. The van der Waals surface area contributed by atoms with Crippen molar-refractivity contribution in [3.8, 4) is 0 Å². The van der Waals surface area contributed by atoms with E-state index in [-0.39, 0.29) is 17.6 Å². The molecule has 1 fully saturated rings. The van der Waals surface area contributed by atoms with Crippen LogP contribution in [0.1, 0.15) is 40.0 Å². The molecule has 0 aliphatic heterocycles. The molecule has 0 aromatic heterocycles. The maximum atomic E-state index is 12.0. The summed E-state index contributed by atoms with van der Waals surface area (Å²) in [6.45, 7) is 10.00. The molecule has 0 bridgehead atoms. The van der Waals surface area contributed by atoms with Crippen molar-refractivity contribution in [1.29, 1.82) is 0 Å². The van der Waals surface area contributed by atoms with Gasteiger partial charge in [0.15, 0.2) is 5.78 Å². The van der Waals surface area contributed by atoms with E-state index in [4.69, 9.17) is 0 Å². The average Bonchev–Trinajstić information content (AvgIpc) is 2.48. The van der Waals surface area contributed by atoms with Crippen LogP contribution >= 0.6 is 0 Å². The molecule has 5 atom stereocenters. The van der Waals surface area contributed by atoms with E-state index in [1.807, 2.05) is 13.0 Å². The van der Waals surface area contributed by atoms with E-state index in [2.05, 4.69) is 20.4 Å². The first kappa shape index (κ1) is 13.4. The first-order valence-corrected chi connectivity index (χ1v) is 7.01. The third-order valence-electron chi connectivity index (χ3n) is 5.11. The number of aliphatic hydroxyl groups is 1. The van der Waals surface area contributed by atoms with Gasteiger partial charge in [-0.1, -0.05) is 26.0 Å². The Morgan fingerprint density at radius 2 is 2.17 bits per heavy atom. The summed E-state index contributed by atoms with van der Waals surface area (Å²) in [5.41, 5.74) is 1.24. The van der Waals surface area contributed by atoms with E-state index in [9.17, 15) is 9.90 Å². The molecule has 2 heteroatoms. The van der Waals surface area contributed by atoms with Crippen LogP contribution in [0.4, 0.5) is 0 Å². The molecule has 0 aromatic rings. The summed E-state index contributed by atoms with van der Waals surface area (Å²) < 4.78 is 0. The van der Waals surface area contributed by atoms with E-state index >= 15 is 0 Å². The maximum Gasteiger partial charge on any atom is 0.159 e. The van der Waals surface area contributed by atoms with E-state index in [1.165, 1.54) is 5.57 Å². The van der Waals surface area contributed by atoms with Gasteiger partial charge in [-0.25, -0.2) is 0 Å². The predicted molar refractivity (Wildman–Crippen MR) is 73.2 cm³/mol. The largest absolute Gasteiger partial charge is 0.513 e. The van der Waals surface area contributed by atoms with Gasteiger partial charge in [-0.3, -0.25) is 4.79 Å². The molecule has 0 saturated heterocycles. The fourth-order valence-electron chi connectivity index (χ4n) is 3.75. The van der Waals surface area contributed by atoms with Crippen LogP contribution in [0.25, 0.3) is 0 Å². The van der Waals surface area contributed by atoms with Crippen molar-refractivity contribution in [2.45, 2.75) is 40.0 Å². The van der Waals surface area contributed by atoms with E-state index < -0.39 is 0 Å². The van der Waals surface area contributed by atoms with Crippen molar-refractivity contribution in [1.82, 2.24) is 0 Å². The molecule has 0 radical (unpaired) electrons. The van der Waals surface area contributed by atoms with Crippen LogP contribution in [0.5, 0.6) is 0 Å². The van der Waals surface area contributed by atoms with Crippen molar-refractivity contribution in [3.63, 3.8) is 0 Å². The number of carbonyl (C=O) groups is 1. The van der Waals surface area contributed by atoms with Crippen LogP contribution in [0.2, 0.25) is 0 Å². The number of ketones is 1. The van der Waals surface area contributed by atoms with Crippen LogP contribution in [0.15, 0.2) is 24.0 Å². The normalized spacial score (nSPS) is 37.7. The molecule has 1 N–H and O–H groups in total. The van der Waals surface area contributed by atoms with Crippen LogP contribution in [-0.2, 0) is 4.79 Å². The molecule has 0 amide bonds. The van der Waals surface area contributed by atoms with Gasteiger partial charge in [0.05, 0.1) is 5.76 Å². The second-order valence-electron chi connectivity index (χ2n) is 6.25. The highest BCUT2D eigenvalue weighted by Crippen LogP contribution is 2.46. The van der Waals surface area contributed by atoms with E-state index in [1.54, 1.807) is 0 Å². The molecule has 2 nitrogen and oxygen atoms in total. The van der Waals surface area contributed by atoms with Gasteiger partial charge in [0.2, 0.25) is 0 Å². The Morgan fingerprint density at radius 1 is 1.50 bits per heavy atom. The first-order valence-electron chi connectivity index (χ1n) is 7.01. The highest BCUT2D eigenvalue weighted by atomic mass is 16.3. The molecule has 0 heterocycles. The Bertz CT molecular complexity index is 394. The molecule has 100 valence electrons. The number of carbonyl (C=O) groups excluding carboxylic acids is 1. The quantitative estimate of drug-likeness (QED) is 0.753. The lowest BCUT2D eigenvalue weighted by molar-refractivity contribution is -0.119. The van der Waals surface area contributed by atoms with Gasteiger partial charge in [0, 0.05) is 11.8 Å². The maximum absolute atomic E-state index is 12.0. The van der Waals surface area contributed by atoms with Gasteiger partial charge in [0.1, 0.15) is 0 Å². The van der Waals surface area contributed by atoms with Gasteiger partial charge in [0.25, 0.3) is 0 Å². The molecule has 2 rings (SSSR count). The monoisotopic (exact) mass is 248 g/mol. The summed E-state index contributed by atoms with van der Waals surface area (Å²) in [5, 5.41) is 9.61. The lowest BCUT2D eigenvalue weighted by Gasteiger charge is -2.26. The lowest BCUT2D eigenvalue weighted by atomic mass is 9.78. The molecule has 2 aliphatic rings. The third kappa shape index (κ3) is 2.25. The number of fused-ring (bicyclic) bond motifs is 1. The molecular weight excluding hydrogens is 224 g/mol. The molecule has 1 saturated carbocycles. The first-order chi connectivity index (χ1) is 8.41. The summed E-state index contributed by atoms with van der Waals surface area (Å²) in [6.07, 6.45) is 5.03. The van der Waals surface area contributed by atoms with Crippen molar-refractivity contribution < 1.29 is 9.90 Å². The Kier molecular flexibility index (Phi) is 3.65. The van der Waals surface area contributed by atoms with Crippen LogP contribution < -0.4 is 0 Å². The summed E-state index contributed by atoms with van der Waals surface area (Å²) >= 11 is 0. The Hall–Kier alpha value is -1.05. The highest BCUT2D eigenvalue weighted by Gasteiger charge is 2.42. The number of allylic oxidation sites excluding steroid dienone is 3. The SMILES string of the molecule is C=C(O)[C@@H](C)C1CC[C@H](C)C2C(=O)C=C(C)C2C1. The fourth-order valence-corrected chi connectivity index (χ4v) is 3.75. The van der Waals surface area contributed by atoms with Gasteiger partial charge < -0.3 is 5.11 Å². The Labute approximate surface area is 110 Å². The summed E-state index contributed by atoms with van der Waals surface area (Å²) in [4.78, 5) is 12.0. The molecular formula is C16H24O2. The topological polar surface area (TPSA) is 37.3 Å². The van der Waals surface area contributed by atoms with Gasteiger partial charge >= 0.3 is 0 Å². The molecule has 0 spiro atoms. The number of hydrogen-bond donors (Lipinski definition) is 1. The minimum Gasteiger partial charge on any atom is -0.513 e. The predicted octanol–water partition coefficient (Wildman–Crippen LogP) is 3.89. The zero-order valence-electron chi connectivity index (χ0n) is 11.6. The standard InChI is InChI=1S/C16H24O2/c1-9-5-6-13(11(3)12(4)17)8-14-10(2)7-15(18)16(9)14/h7,9,11,13-14,16-17H,4-6,8H2,1-3H3/t9-,11+,13?,14?,16?/m0/s1. The fraction of sp³-hybridized carbons (Fsp3) is 0.688. The second-order valence-corrected chi connectivity index (χ2v) is 6.25. The van der Waals surface area contributed by atoms with Gasteiger partial charge in [-0.2, -0.15) is 0 Å². The van der Waals surface area contributed by atoms with E-state index in [0.717, 1.165) is 19.3 Å². The number of hydrogen-bond acceptors (Lipinski definition) is 2. The number of aliphatic hydroxyl groups excluding tert-OH is 1. The average molecular weight is 248 g/mol. The van der Waals surface area contributed by atoms with Gasteiger partial charge in [-0.05, 0) is 50.0 Å². The minimum absolute atomic E-state index is 0.138. The molecule has 3 unspecified atom stereocenters. The Morgan fingerprint density at radius 3 is 2.78 bits per heavy atom. The van der Waals surface area contributed by atoms with Crippen molar-refractivity contribution in [2.24, 2.45) is 29.6 Å². The van der Waals surface area contributed by atoms with Gasteiger partial charge in [-0.15, -0.1) is 0 Å². The van der Waals surface area contributed by atoms with Crippen molar-refractivity contribution >= 4 is 5.78 Å². The minimum atomic E-state index is 0.138. The summed E-state index contributed by atoms with van der Waals surface area (Å²) in [6, 6.07) is 0. The van der Waals surface area contributed by atoms with Crippen LogP contribution in [0, 0.1) is 29.6 Å². The third-order valence-corrected chi connectivity index (χ3v) is 5.11. The van der Waals surface area contributed by atoms with Crippen molar-refractivity contribution in [3.05, 3.63) is 24.0 Å². The van der Waals surface area contributed by atoms with Crippen molar-refractivity contribution in [2.75, 3.05) is 0 Å². The second kappa shape index (κ2) is 4.91. The number of rotatable bonds is 2. The van der Waals surface area contributed by atoms with Crippen LogP contribution in [0.3, 0.4) is 0 Å². The zero-order valence-corrected chi connectivity index (χ0v) is 11.6.